The largest absolute Gasteiger partial charge is 0.361 e. The minimum atomic E-state index is 0.408. The number of nitrogens with zero attached hydrogens (tertiary/aromatic N) is 3. The normalized spacial score (nSPS) is 10.5. The number of hydrogen-bond donors (Lipinski definition) is 0. The molecular formula is C6H4ClN3OS. The Morgan fingerprint density at radius 1 is 1.50 bits per heavy atom. The van der Waals surface area contributed by atoms with Gasteiger partial charge in [0, 0.05) is 6.07 Å². The Morgan fingerprint density at radius 3 is 2.83 bits per heavy atom. The zero-order chi connectivity index (χ0) is 8.55. The fourth-order valence-electron chi connectivity index (χ4n) is 0.776. The van der Waals surface area contributed by atoms with E-state index in [0.29, 0.717) is 15.2 Å². The predicted molar refractivity (Wildman–Crippen MR) is 45.2 cm³/mol. The number of halogens is 1. The van der Waals surface area contributed by atoms with Crippen molar-refractivity contribution in [2.45, 2.75) is 6.92 Å². The van der Waals surface area contributed by atoms with E-state index in [-0.39, 0.29) is 0 Å². The van der Waals surface area contributed by atoms with E-state index in [4.69, 9.17) is 16.1 Å². The van der Waals surface area contributed by atoms with E-state index < -0.39 is 0 Å². The molecule has 62 valence electrons. The van der Waals surface area contributed by atoms with Gasteiger partial charge in [-0.3, -0.25) is 0 Å². The third-order valence-electron chi connectivity index (χ3n) is 1.25. The fraction of sp³-hybridized carbons (Fsp3) is 0.167. The van der Waals surface area contributed by atoms with Crippen LogP contribution in [0.2, 0.25) is 4.47 Å². The molecule has 0 aliphatic heterocycles. The first kappa shape index (κ1) is 7.70. The number of rotatable bonds is 1. The molecule has 12 heavy (non-hydrogen) atoms. The molecule has 2 aromatic rings. The summed E-state index contributed by atoms with van der Waals surface area (Å²) in [6.07, 6.45) is 0. The van der Waals surface area contributed by atoms with Crippen LogP contribution in [0.4, 0.5) is 0 Å². The lowest BCUT2D eigenvalue weighted by atomic mass is 10.4. The molecule has 0 aliphatic rings. The average Bonchev–Trinajstić information content (AvgIpc) is 2.58. The van der Waals surface area contributed by atoms with Gasteiger partial charge in [-0.05, 0) is 18.5 Å². The topological polar surface area (TPSA) is 51.8 Å². The fourth-order valence-corrected chi connectivity index (χ4v) is 1.56. The van der Waals surface area contributed by atoms with Crippen LogP contribution in [0.1, 0.15) is 5.76 Å². The zero-order valence-electron chi connectivity index (χ0n) is 6.11. The second kappa shape index (κ2) is 2.84. The molecule has 2 rings (SSSR count). The van der Waals surface area contributed by atoms with Crippen LogP contribution in [0.3, 0.4) is 0 Å². The van der Waals surface area contributed by atoms with Crippen LogP contribution in [0.25, 0.3) is 10.7 Å². The predicted octanol–water partition coefficient (Wildman–Crippen LogP) is 2.15. The van der Waals surface area contributed by atoms with Crippen molar-refractivity contribution in [1.82, 2.24) is 15.4 Å². The van der Waals surface area contributed by atoms with Crippen LogP contribution < -0.4 is 0 Å². The summed E-state index contributed by atoms with van der Waals surface area (Å²) < 4.78 is 5.28. The molecule has 6 heteroatoms. The summed E-state index contributed by atoms with van der Waals surface area (Å²) in [6, 6.07) is 1.79. The molecule has 0 aromatic carbocycles. The smallest absolute Gasteiger partial charge is 0.207 e. The molecule has 0 radical (unpaired) electrons. The van der Waals surface area contributed by atoms with Crippen LogP contribution in [0, 0.1) is 6.92 Å². The van der Waals surface area contributed by atoms with Crippen molar-refractivity contribution in [2.24, 2.45) is 0 Å². The summed E-state index contributed by atoms with van der Waals surface area (Å²) in [7, 11) is 0. The maximum atomic E-state index is 5.60. The van der Waals surface area contributed by atoms with Gasteiger partial charge >= 0.3 is 0 Å². The van der Waals surface area contributed by atoms with Gasteiger partial charge in [0.15, 0.2) is 5.01 Å². The third kappa shape index (κ3) is 1.33. The Labute approximate surface area is 77.2 Å². The molecule has 0 amide bonds. The molecule has 2 heterocycles. The van der Waals surface area contributed by atoms with Gasteiger partial charge in [0.2, 0.25) is 4.47 Å². The van der Waals surface area contributed by atoms with E-state index >= 15 is 0 Å². The van der Waals surface area contributed by atoms with Crippen LogP contribution >= 0.6 is 22.9 Å². The molecule has 0 atom stereocenters. The van der Waals surface area contributed by atoms with Crippen molar-refractivity contribution in [2.75, 3.05) is 0 Å². The van der Waals surface area contributed by atoms with Crippen molar-refractivity contribution in [3.8, 4) is 10.7 Å². The highest BCUT2D eigenvalue weighted by molar-refractivity contribution is 7.18. The highest BCUT2D eigenvalue weighted by atomic mass is 35.5. The van der Waals surface area contributed by atoms with Gasteiger partial charge in [0.05, 0.1) is 0 Å². The van der Waals surface area contributed by atoms with E-state index in [0.717, 1.165) is 5.76 Å². The van der Waals surface area contributed by atoms with Crippen LogP contribution in [0.15, 0.2) is 10.6 Å². The number of aromatic nitrogens is 3. The minimum absolute atomic E-state index is 0.408. The van der Waals surface area contributed by atoms with Gasteiger partial charge in [-0.1, -0.05) is 16.5 Å². The Hall–Kier alpha value is -0.940. The summed E-state index contributed by atoms with van der Waals surface area (Å²) in [5, 5.41) is 11.9. The highest BCUT2D eigenvalue weighted by Gasteiger charge is 2.08. The van der Waals surface area contributed by atoms with Gasteiger partial charge in [-0.2, -0.15) is 0 Å². The van der Waals surface area contributed by atoms with Crippen molar-refractivity contribution in [1.29, 1.82) is 0 Å². The molecule has 0 saturated heterocycles. The molecule has 0 bridgehead atoms. The Bertz CT molecular complexity index is 359. The van der Waals surface area contributed by atoms with Gasteiger partial charge in [0.1, 0.15) is 11.5 Å². The van der Waals surface area contributed by atoms with Gasteiger partial charge < -0.3 is 4.52 Å². The van der Waals surface area contributed by atoms with Crippen molar-refractivity contribution in [3.05, 3.63) is 16.3 Å². The summed E-state index contributed by atoms with van der Waals surface area (Å²) in [5.74, 6) is 0.747. The number of hydrogen-bond acceptors (Lipinski definition) is 5. The van der Waals surface area contributed by atoms with Gasteiger partial charge in [-0.25, -0.2) is 0 Å². The van der Waals surface area contributed by atoms with E-state index in [1.165, 1.54) is 11.3 Å². The van der Waals surface area contributed by atoms with E-state index in [1.54, 1.807) is 6.07 Å². The Balaban J connectivity index is 2.43. The first-order valence-corrected chi connectivity index (χ1v) is 4.38. The molecule has 0 spiro atoms. The molecule has 0 saturated carbocycles. The highest BCUT2D eigenvalue weighted by Crippen LogP contribution is 2.25. The SMILES string of the molecule is Cc1cc(-c2nnc(Cl)s2)no1. The molecular weight excluding hydrogens is 198 g/mol. The first-order chi connectivity index (χ1) is 5.75. The quantitative estimate of drug-likeness (QED) is 0.710. The molecule has 0 aliphatic carbocycles. The van der Waals surface area contributed by atoms with Crippen LogP contribution in [-0.2, 0) is 0 Å². The van der Waals surface area contributed by atoms with Crippen molar-refractivity contribution >= 4 is 22.9 Å². The van der Waals surface area contributed by atoms with Gasteiger partial charge in [0.25, 0.3) is 0 Å². The molecule has 0 N–H and O–H groups in total. The standard InChI is InChI=1S/C6H4ClN3OS/c1-3-2-4(10-11-3)5-8-9-6(7)12-5/h2H,1H3. The van der Waals surface area contributed by atoms with E-state index in [2.05, 4.69) is 15.4 Å². The Kier molecular flexibility index (Phi) is 1.82. The first-order valence-electron chi connectivity index (χ1n) is 3.18. The lowest BCUT2D eigenvalue weighted by Gasteiger charge is -1.78. The summed E-state index contributed by atoms with van der Waals surface area (Å²) in [6.45, 7) is 1.82. The third-order valence-corrected chi connectivity index (χ3v) is 2.29. The zero-order valence-corrected chi connectivity index (χ0v) is 7.69. The lowest BCUT2D eigenvalue weighted by Crippen LogP contribution is -1.73. The maximum Gasteiger partial charge on any atom is 0.207 e. The summed E-state index contributed by atoms with van der Waals surface area (Å²) in [5.41, 5.74) is 0.678. The second-order valence-electron chi connectivity index (χ2n) is 2.18. The monoisotopic (exact) mass is 201 g/mol. The molecule has 4 nitrogen and oxygen atoms in total. The van der Waals surface area contributed by atoms with Crippen molar-refractivity contribution in [3.63, 3.8) is 0 Å². The minimum Gasteiger partial charge on any atom is -0.361 e. The molecule has 2 aromatic heterocycles. The maximum absolute atomic E-state index is 5.60. The van der Waals surface area contributed by atoms with E-state index in [1.807, 2.05) is 6.92 Å². The summed E-state index contributed by atoms with van der Waals surface area (Å²) >= 11 is 6.88. The van der Waals surface area contributed by atoms with Crippen LogP contribution in [0.5, 0.6) is 0 Å². The Morgan fingerprint density at radius 2 is 2.33 bits per heavy atom. The van der Waals surface area contributed by atoms with Crippen molar-refractivity contribution < 1.29 is 4.52 Å². The number of aryl methyl sites for hydroxylation is 1. The summed E-state index contributed by atoms with van der Waals surface area (Å²) in [4.78, 5) is 0. The lowest BCUT2D eigenvalue weighted by molar-refractivity contribution is 0.399. The molecule has 0 fully saturated rings. The average molecular weight is 202 g/mol. The van der Waals surface area contributed by atoms with Crippen LogP contribution in [-0.4, -0.2) is 15.4 Å². The van der Waals surface area contributed by atoms with Gasteiger partial charge in [-0.15, -0.1) is 10.2 Å². The second-order valence-corrected chi connectivity index (χ2v) is 3.74. The van der Waals surface area contributed by atoms with E-state index in [9.17, 15) is 0 Å². The molecule has 0 unspecified atom stereocenters.